The van der Waals surface area contributed by atoms with Gasteiger partial charge in [0.15, 0.2) is 0 Å². The molecular formula is C9H10Si. The van der Waals surface area contributed by atoms with Gasteiger partial charge in [-0.1, -0.05) is 35.0 Å². The number of aryl methyl sites for hydroxylation is 1. The van der Waals surface area contributed by atoms with Crippen molar-refractivity contribution in [3.63, 3.8) is 0 Å². The number of rotatable bonds is 2. The topological polar surface area (TPSA) is 0 Å². The molecular weight excluding hydrogens is 136 g/mol. The molecule has 0 aliphatic rings. The van der Waals surface area contributed by atoms with Crippen LogP contribution in [0.25, 0.3) is 0 Å². The van der Waals surface area contributed by atoms with Crippen LogP contribution in [0.15, 0.2) is 36.5 Å². The van der Waals surface area contributed by atoms with Crippen LogP contribution in [0.5, 0.6) is 0 Å². The molecule has 1 heteroatoms. The average molecular weight is 146 g/mol. The highest BCUT2D eigenvalue weighted by molar-refractivity contribution is 6.58. The Morgan fingerprint density at radius 1 is 1.40 bits per heavy atom. The zero-order valence-corrected chi connectivity index (χ0v) is 7.09. The Labute approximate surface area is 64.4 Å². The highest BCUT2D eigenvalue weighted by atomic mass is 28.2. The molecule has 1 aromatic rings. The van der Waals surface area contributed by atoms with Crippen molar-refractivity contribution in [2.45, 2.75) is 6.92 Å². The van der Waals surface area contributed by atoms with E-state index in [1.165, 1.54) is 10.8 Å². The fourth-order valence-corrected chi connectivity index (χ4v) is 1.57. The van der Waals surface area contributed by atoms with Crippen LogP contribution in [0.3, 0.4) is 0 Å². The SMILES string of the molecule is C=C[Si]c1ccccc1C. The largest absolute Gasteiger partial charge is 0.111 e. The van der Waals surface area contributed by atoms with E-state index in [0.717, 1.165) is 9.52 Å². The first-order chi connectivity index (χ1) is 4.84. The minimum atomic E-state index is 0.750. The maximum Gasteiger partial charge on any atom is 0.111 e. The van der Waals surface area contributed by atoms with Gasteiger partial charge < -0.3 is 0 Å². The van der Waals surface area contributed by atoms with Crippen molar-refractivity contribution in [2.75, 3.05) is 0 Å². The predicted molar refractivity (Wildman–Crippen MR) is 46.8 cm³/mol. The molecule has 10 heavy (non-hydrogen) atoms. The van der Waals surface area contributed by atoms with Gasteiger partial charge in [0.05, 0.1) is 0 Å². The van der Waals surface area contributed by atoms with Gasteiger partial charge in [-0.05, 0) is 6.92 Å². The normalized spacial score (nSPS) is 9.30. The molecule has 0 amide bonds. The summed E-state index contributed by atoms with van der Waals surface area (Å²) in [4.78, 5) is 0. The van der Waals surface area contributed by atoms with Crippen LogP contribution >= 0.6 is 0 Å². The highest BCUT2D eigenvalue weighted by Crippen LogP contribution is 1.91. The molecule has 1 aromatic carbocycles. The lowest BCUT2D eigenvalue weighted by Gasteiger charge is -1.98. The summed E-state index contributed by atoms with van der Waals surface area (Å²) in [5.74, 6) is 0. The van der Waals surface area contributed by atoms with Gasteiger partial charge in [-0.15, -0.1) is 12.3 Å². The van der Waals surface area contributed by atoms with Crippen molar-refractivity contribution in [3.8, 4) is 0 Å². The highest BCUT2D eigenvalue weighted by Gasteiger charge is 1.92. The second-order valence-corrected chi connectivity index (χ2v) is 3.40. The molecule has 0 unspecified atom stereocenters. The van der Waals surface area contributed by atoms with E-state index >= 15 is 0 Å². The Kier molecular flexibility index (Phi) is 2.46. The average Bonchev–Trinajstić information content (AvgIpc) is 1.94. The Hall–Kier alpha value is -0.823. The molecule has 0 bridgehead atoms. The lowest BCUT2D eigenvalue weighted by molar-refractivity contribution is 1.52. The first-order valence-electron chi connectivity index (χ1n) is 3.27. The maximum absolute atomic E-state index is 3.71. The fourth-order valence-electron chi connectivity index (χ4n) is 0.845. The molecule has 0 aliphatic heterocycles. The molecule has 2 radical (unpaired) electrons. The second-order valence-electron chi connectivity index (χ2n) is 2.16. The summed E-state index contributed by atoms with van der Waals surface area (Å²) in [5, 5.41) is 1.40. The first-order valence-corrected chi connectivity index (χ1v) is 4.35. The van der Waals surface area contributed by atoms with E-state index in [4.69, 9.17) is 0 Å². The van der Waals surface area contributed by atoms with Gasteiger partial charge in [-0.2, -0.15) is 0 Å². The Morgan fingerprint density at radius 3 is 2.70 bits per heavy atom. The molecule has 0 aliphatic carbocycles. The van der Waals surface area contributed by atoms with E-state index in [0.29, 0.717) is 0 Å². The van der Waals surface area contributed by atoms with Gasteiger partial charge in [0.2, 0.25) is 0 Å². The van der Waals surface area contributed by atoms with Crippen molar-refractivity contribution in [1.29, 1.82) is 0 Å². The summed E-state index contributed by atoms with van der Waals surface area (Å²) in [6.07, 6.45) is 0. The van der Waals surface area contributed by atoms with E-state index in [1.54, 1.807) is 0 Å². The summed E-state index contributed by atoms with van der Waals surface area (Å²) >= 11 is 0. The molecule has 1 rings (SSSR count). The lowest BCUT2D eigenvalue weighted by atomic mass is 10.2. The van der Waals surface area contributed by atoms with Gasteiger partial charge in [0, 0.05) is 0 Å². The molecule has 0 saturated carbocycles. The molecule has 0 fully saturated rings. The van der Waals surface area contributed by atoms with Crippen molar-refractivity contribution in [1.82, 2.24) is 0 Å². The zero-order chi connectivity index (χ0) is 7.40. The summed E-state index contributed by atoms with van der Waals surface area (Å²) in [5.41, 5.74) is 3.32. The van der Waals surface area contributed by atoms with Gasteiger partial charge in [0.25, 0.3) is 0 Å². The summed E-state index contributed by atoms with van der Waals surface area (Å²) in [6.45, 7) is 5.84. The molecule has 0 atom stereocenters. The van der Waals surface area contributed by atoms with Crippen LogP contribution < -0.4 is 5.19 Å². The van der Waals surface area contributed by atoms with Crippen LogP contribution in [-0.2, 0) is 0 Å². The third kappa shape index (κ3) is 1.58. The van der Waals surface area contributed by atoms with Crippen LogP contribution in [-0.4, -0.2) is 9.52 Å². The van der Waals surface area contributed by atoms with Gasteiger partial charge in [0.1, 0.15) is 9.52 Å². The van der Waals surface area contributed by atoms with E-state index in [9.17, 15) is 0 Å². The van der Waals surface area contributed by atoms with Crippen LogP contribution in [0, 0.1) is 6.92 Å². The van der Waals surface area contributed by atoms with Gasteiger partial charge in [-0.3, -0.25) is 0 Å². The third-order valence-corrected chi connectivity index (χ3v) is 2.48. The summed E-state index contributed by atoms with van der Waals surface area (Å²) < 4.78 is 0. The predicted octanol–water partition coefficient (Wildman–Crippen LogP) is 1.47. The quantitative estimate of drug-likeness (QED) is 0.554. The molecule has 0 heterocycles. The maximum atomic E-state index is 3.71. The number of benzene rings is 1. The van der Waals surface area contributed by atoms with E-state index < -0.39 is 0 Å². The Morgan fingerprint density at radius 2 is 2.10 bits per heavy atom. The first kappa shape index (κ1) is 7.29. The van der Waals surface area contributed by atoms with Crippen LogP contribution in [0.1, 0.15) is 5.56 Å². The van der Waals surface area contributed by atoms with Crippen molar-refractivity contribution in [2.24, 2.45) is 0 Å². The van der Waals surface area contributed by atoms with Crippen LogP contribution in [0.4, 0.5) is 0 Å². The van der Waals surface area contributed by atoms with E-state index in [1.807, 2.05) is 5.70 Å². The summed E-state index contributed by atoms with van der Waals surface area (Å²) in [6, 6.07) is 8.41. The van der Waals surface area contributed by atoms with E-state index in [2.05, 4.69) is 37.8 Å². The molecule has 0 N–H and O–H groups in total. The molecule has 50 valence electrons. The molecule has 0 nitrogen and oxygen atoms in total. The monoisotopic (exact) mass is 146 g/mol. The van der Waals surface area contributed by atoms with Gasteiger partial charge >= 0.3 is 0 Å². The summed E-state index contributed by atoms with van der Waals surface area (Å²) in [7, 11) is 0.750. The van der Waals surface area contributed by atoms with Crippen molar-refractivity contribution >= 4 is 14.7 Å². The third-order valence-electron chi connectivity index (χ3n) is 1.40. The Bertz CT molecular complexity index is 228. The number of hydrogen-bond donors (Lipinski definition) is 0. The van der Waals surface area contributed by atoms with Crippen molar-refractivity contribution < 1.29 is 0 Å². The fraction of sp³-hybridized carbons (Fsp3) is 0.111. The Balaban J connectivity index is 2.91. The lowest BCUT2D eigenvalue weighted by Crippen LogP contribution is -2.14. The van der Waals surface area contributed by atoms with Crippen LogP contribution in [0.2, 0.25) is 0 Å². The van der Waals surface area contributed by atoms with E-state index in [-0.39, 0.29) is 0 Å². The number of hydrogen-bond acceptors (Lipinski definition) is 0. The molecule has 0 saturated heterocycles. The van der Waals surface area contributed by atoms with Crippen molar-refractivity contribution in [3.05, 3.63) is 42.1 Å². The standard InChI is InChI=1S/C9H10Si/c1-3-10-9-7-5-4-6-8(9)2/h3-7H,1H2,2H3. The minimum absolute atomic E-state index is 0.750. The van der Waals surface area contributed by atoms with Gasteiger partial charge in [-0.25, -0.2) is 0 Å². The zero-order valence-electron chi connectivity index (χ0n) is 6.09. The second kappa shape index (κ2) is 3.37. The smallest absolute Gasteiger partial charge is 0.107 e. The molecule has 0 aromatic heterocycles. The molecule has 0 spiro atoms. The minimum Gasteiger partial charge on any atom is -0.107 e.